The molecule has 4 heteroatoms. The van der Waals surface area contributed by atoms with E-state index < -0.39 is 6.04 Å². The Morgan fingerprint density at radius 1 is 1.41 bits per heavy atom. The van der Waals surface area contributed by atoms with Crippen LogP contribution in [0.15, 0.2) is 30.3 Å². The summed E-state index contributed by atoms with van der Waals surface area (Å²) in [5.41, 5.74) is 6.85. The van der Waals surface area contributed by atoms with Crippen molar-refractivity contribution in [3.05, 3.63) is 35.9 Å². The van der Waals surface area contributed by atoms with Crippen molar-refractivity contribution in [2.75, 3.05) is 6.61 Å². The highest BCUT2D eigenvalue weighted by Gasteiger charge is 2.16. The minimum absolute atomic E-state index is 0.0553. The fourth-order valence-electron chi connectivity index (χ4n) is 1.55. The van der Waals surface area contributed by atoms with Crippen LogP contribution >= 0.6 is 0 Å². The van der Waals surface area contributed by atoms with Crippen molar-refractivity contribution in [2.45, 2.75) is 31.8 Å². The molecule has 0 fully saturated rings. The summed E-state index contributed by atoms with van der Waals surface area (Å²) in [6.45, 7) is 1.85. The lowest BCUT2D eigenvalue weighted by atomic mass is 10.1. The Balaban J connectivity index is 2.47. The smallest absolute Gasteiger partial charge is 0.237 e. The summed E-state index contributed by atoms with van der Waals surface area (Å²) in [5.74, 6) is -0.213. The molecule has 4 nitrogen and oxygen atoms in total. The third-order valence-electron chi connectivity index (χ3n) is 2.69. The molecule has 0 saturated carbocycles. The minimum Gasteiger partial charge on any atom is -0.394 e. The molecule has 0 bridgehead atoms. The monoisotopic (exact) mass is 236 g/mol. The van der Waals surface area contributed by atoms with Crippen LogP contribution in [0.25, 0.3) is 0 Å². The van der Waals surface area contributed by atoms with Crippen molar-refractivity contribution in [3.63, 3.8) is 0 Å². The van der Waals surface area contributed by atoms with Crippen molar-refractivity contribution < 1.29 is 9.90 Å². The van der Waals surface area contributed by atoms with E-state index in [1.807, 2.05) is 37.3 Å². The second-order valence-corrected chi connectivity index (χ2v) is 4.09. The number of benzene rings is 1. The average molecular weight is 236 g/mol. The van der Waals surface area contributed by atoms with Gasteiger partial charge in [0.2, 0.25) is 5.91 Å². The van der Waals surface area contributed by atoms with Crippen LogP contribution in [0.2, 0.25) is 0 Å². The molecule has 0 saturated heterocycles. The number of hydrogen-bond acceptors (Lipinski definition) is 3. The minimum atomic E-state index is -0.571. The van der Waals surface area contributed by atoms with Gasteiger partial charge in [0.05, 0.1) is 18.7 Å². The first kappa shape index (κ1) is 13.7. The first-order valence-electron chi connectivity index (χ1n) is 5.88. The van der Waals surface area contributed by atoms with Gasteiger partial charge in [0.15, 0.2) is 0 Å². The molecular formula is C13H20N2O2. The summed E-state index contributed by atoms with van der Waals surface area (Å²) in [5, 5.41) is 11.7. The van der Waals surface area contributed by atoms with E-state index in [2.05, 4.69) is 5.32 Å². The van der Waals surface area contributed by atoms with E-state index in [9.17, 15) is 4.79 Å². The SMILES string of the molecule is CCC(CO)NC(=O)[C@@H](N)Cc1ccccc1. The number of aliphatic hydroxyl groups is 1. The number of carbonyl (C=O) groups is 1. The van der Waals surface area contributed by atoms with Crippen LogP contribution in [-0.2, 0) is 11.2 Å². The number of nitrogens with one attached hydrogen (secondary N) is 1. The van der Waals surface area contributed by atoms with Crippen LogP contribution in [-0.4, -0.2) is 29.7 Å². The van der Waals surface area contributed by atoms with Crippen LogP contribution < -0.4 is 11.1 Å². The van der Waals surface area contributed by atoms with Gasteiger partial charge < -0.3 is 16.2 Å². The maximum absolute atomic E-state index is 11.7. The second-order valence-electron chi connectivity index (χ2n) is 4.09. The van der Waals surface area contributed by atoms with Gasteiger partial charge in [-0.2, -0.15) is 0 Å². The summed E-state index contributed by atoms with van der Waals surface area (Å²) >= 11 is 0. The quantitative estimate of drug-likeness (QED) is 0.671. The Kier molecular flexibility index (Phi) is 5.66. The molecule has 4 N–H and O–H groups in total. The Bertz CT molecular complexity index is 337. The van der Waals surface area contributed by atoms with E-state index in [1.54, 1.807) is 0 Å². The normalized spacial score (nSPS) is 14.1. The van der Waals surface area contributed by atoms with E-state index in [4.69, 9.17) is 10.8 Å². The first-order valence-corrected chi connectivity index (χ1v) is 5.88. The van der Waals surface area contributed by atoms with Crippen molar-refractivity contribution >= 4 is 5.91 Å². The molecular weight excluding hydrogens is 216 g/mol. The lowest BCUT2D eigenvalue weighted by Crippen LogP contribution is -2.47. The van der Waals surface area contributed by atoms with Crippen molar-refractivity contribution in [3.8, 4) is 0 Å². The third-order valence-corrected chi connectivity index (χ3v) is 2.69. The number of nitrogens with two attached hydrogens (primary N) is 1. The van der Waals surface area contributed by atoms with Crippen LogP contribution in [0.4, 0.5) is 0 Å². The predicted octanol–water partition coefficient (Wildman–Crippen LogP) is 0.444. The number of hydrogen-bond donors (Lipinski definition) is 3. The summed E-state index contributed by atoms with van der Waals surface area (Å²) in [7, 11) is 0. The highest BCUT2D eigenvalue weighted by molar-refractivity contribution is 5.82. The molecule has 0 aliphatic carbocycles. The topological polar surface area (TPSA) is 75.3 Å². The fourth-order valence-corrected chi connectivity index (χ4v) is 1.55. The summed E-state index contributed by atoms with van der Waals surface area (Å²) in [4.78, 5) is 11.7. The number of carbonyl (C=O) groups excluding carboxylic acids is 1. The van der Waals surface area contributed by atoms with Crippen LogP contribution in [0, 0.1) is 0 Å². The maximum Gasteiger partial charge on any atom is 0.237 e. The van der Waals surface area contributed by atoms with Crippen molar-refractivity contribution in [1.82, 2.24) is 5.32 Å². The van der Waals surface area contributed by atoms with E-state index in [-0.39, 0.29) is 18.6 Å². The van der Waals surface area contributed by atoms with E-state index in [1.165, 1.54) is 0 Å². The predicted molar refractivity (Wildman–Crippen MR) is 67.4 cm³/mol. The Morgan fingerprint density at radius 3 is 2.59 bits per heavy atom. The molecule has 1 rings (SSSR count). The zero-order valence-corrected chi connectivity index (χ0v) is 10.1. The first-order chi connectivity index (χ1) is 8.17. The van der Waals surface area contributed by atoms with Crippen LogP contribution in [0.5, 0.6) is 0 Å². The van der Waals surface area contributed by atoms with E-state index in [0.29, 0.717) is 12.8 Å². The molecule has 1 unspecified atom stereocenters. The number of aliphatic hydroxyl groups excluding tert-OH is 1. The highest BCUT2D eigenvalue weighted by Crippen LogP contribution is 2.02. The van der Waals surface area contributed by atoms with Gasteiger partial charge in [-0.3, -0.25) is 4.79 Å². The standard InChI is InChI=1S/C13H20N2O2/c1-2-11(9-16)15-13(17)12(14)8-10-6-4-3-5-7-10/h3-7,11-12,16H,2,8-9,14H2,1H3,(H,15,17)/t11?,12-/m0/s1. The van der Waals surface area contributed by atoms with Crippen LogP contribution in [0.1, 0.15) is 18.9 Å². The van der Waals surface area contributed by atoms with Gasteiger partial charge >= 0.3 is 0 Å². The average Bonchev–Trinajstić information content (AvgIpc) is 2.36. The molecule has 94 valence electrons. The summed E-state index contributed by atoms with van der Waals surface area (Å²) in [6.07, 6.45) is 1.20. The number of amides is 1. The molecule has 0 aliphatic rings. The Hall–Kier alpha value is -1.39. The van der Waals surface area contributed by atoms with Gasteiger partial charge in [0.1, 0.15) is 0 Å². The Morgan fingerprint density at radius 2 is 2.06 bits per heavy atom. The zero-order chi connectivity index (χ0) is 12.7. The second kappa shape index (κ2) is 7.04. The molecule has 1 amide bonds. The van der Waals surface area contributed by atoms with Gasteiger partial charge in [-0.05, 0) is 18.4 Å². The van der Waals surface area contributed by atoms with Crippen LogP contribution in [0.3, 0.4) is 0 Å². The zero-order valence-electron chi connectivity index (χ0n) is 10.1. The number of rotatable bonds is 6. The molecule has 0 spiro atoms. The van der Waals surface area contributed by atoms with Gasteiger partial charge in [-0.15, -0.1) is 0 Å². The van der Waals surface area contributed by atoms with E-state index in [0.717, 1.165) is 5.56 Å². The van der Waals surface area contributed by atoms with Gasteiger partial charge in [-0.1, -0.05) is 37.3 Å². The molecule has 1 aromatic carbocycles. The molecule has 0 aromatic heterocycles. The molecule has 0 heterocycles. The van der Waals surface area contributed by atoms with Gasteiger partial charge in [-0.25, -0.2) is 0 Å². The van der Waals surface area contributed by atoms with Gasteiger partial charge in [0.25, 0.3) is 0 Å². The largest absolute Gasteiger partial charge is 0.394 e. The van der Waals surface area contributed by atoms with E-state index >= 15 is 0 Å². The molecule has 0 radical (unpaired) electrons. The molecule has 0 aliphatic heterocycles. The fraction of sp³-hybridized carbons (Fsp3) is 0.462. The lowest BCUT2D eigenvalue weighted by molar-refractivity contribution is -0.123. The van der Waals surface area contributed by atoms with Crippen molar-refractivity contribution in [1.29, 1.82) is 0 Å². The third kappa shape index (κ3) is 4.54. The Labute approximate surface area is 102 Å². The molecule has 1 aromatic rings. The lowest BCUT2D eigenvalue weighted by Gasteiger charge is -2.17. The molecule has 17 heavy (non-hydrogen) atoms. The summed E-state index contributed by atoms with van der Waals surface area (Å²) < 4.78 is 0. The molecule has 2 atom stereocenters. The van der Waals surface area contributed by atoms with Gasteiger partial charge in [0, 0.05) is 0 Å². The van der Waals surface area contributed by atoms with Crippen molar-refractivity contribution in [2.24, 2.45) is 5.73 Å². The maximum atomic E-state index is 11.7. The highest BCUT2D eigenvalue weighted by atomic mass is 16.3. The summed E-state index contributed by atoms with van der Waals surface area (Å²) in [6, 6.07) is 8.87.